The third-order valence-corrected chi connectivity index (χ3v) is 10.6. The van der Waals surface area contributed by atoms with E-state index in [9.17, 15) is 9.59 Å². The number of unbranched alkanes of at least 4 members (excludes halogenated alkanes) is 28. The summed E-state index contributed by atoms with van der Waals surface area (Å²) in [5.41, 5.74) is 0. The van der Waals surface area contributed by atoms with Crippen LogP contribution in [0.5, 0.6) is 0 Å². The minimum atomic E-state index is -0.535. The monoisotopic (exact) mass is 787 g/mol. The van der Waals surface area contributed by atoms with Gasteiger partial charge in [-0.3, -0.25) is 9.59 Å². The average molecular weight is 787 g/mol. The van der Waals surface area contributed by atoms with Gasteiger partial charge in [-0.05, 0) is 77.0 Å². The van der Waals surface area contributed by atoms with E-state index in [0.717, 1.165) is 57.8 Å². The highest BCUT2D eigenvalue weighted by Gasteiger charge is 2.17. The number of esters is 2. The smallest absolute Gasteiger partial charge is 0.306 e. The summed E-state index contributed by atoms with van der Waals surface area (Å²) < 4.78 is 17.3. The standard InChI is InChI=1S/C51H94O5/c1-4-7-10-13-16-19-21-23-24-25-26-27-28-30-31-33-35-38-41-44-50(52)55-48-49(47-54-46-43-40-37-18-15-12-9-6-3)56-51(53)45-42-39-36-34-32-29-22-20-17-14-11-8-5-2/h16,19-20,22-24,49H,4-15,17-18,21,25-48H2,1-3H3/b19-16-,22-20-,24-23-. The molecule has 0 N–H and O–H groups in total. The molecule has 328 valence electrons. The van der Waals surface area contributed by atoms with Crippen molar-refractivity contribution >= 4 is 11.9 Å². The number of hydrogen-bond donors (Lipinski definition) is 0. The van der Waals surface area contributed by atoms with Gasteiger partial charge in [0.15, 0.2) is 6.10 Å². The van der Waals surface area contributed by atoms with Crippen LogP contribution < -0.4 is 0 Å². The van der Waals surface area contributed by atoms with Gasteiger partial charge in [-0.2, -0.15) is 0 Å². The van der Waals surface area contributed by atoms with Crippen LogP contribution in [0.2, 0.25) is 0 Å². The van der Waals surface area contributed by atoms with Crippen molar-refractivity contribution in [1.29, 1.82) is 0 Å². The molecule has 1 atom stereocenters. The lowest BCUT2D eigenvalue weighted by atomic mass is 10.1. The molecule has 0 aromatic rings. The molecule has 56 heavy (non-hydrogen) atoms. The third-order valence-electron chi connectivity index (χ3n) is 10.6. The molecular weight excluding hydrogens is 693 g/mol. The Morgan fingerprint density at radius 3 is 1.25 bits per heavy atom. The normalized spacial score (nSPS) is 12.4. The maximum Gasteiger partial charge on any atom is 0.306 e. The molecule has 0 aliphatic carbocycles. The Kier molecular flexibility index (Phi) is 45.9. The fourth-order valence-electron chi connectivity index (χ4n) is 6.95. The van der Waals surface area contributed by atoms with E-state index in [4.69, 9.17) is 14.2 Å². The second kappa shape index (κ2) is 47.5. The van der Waals surface area contributed by atoms with E-state index < -0.39 is 6.10 Å². The fourth-order valence-corrected chi connectivity index (χ4v) is 6.95. The molecule has 0 aromatic carbocycles. The first-order valence-corrected chi connectivity index (χ1v) is 24.5. The molecule has 5 nitrogen and oxygen atoms in total. The molecular formula is C51H94O5. The van der Waals surface area contributed by atoms with Crippen molar-refractivity contribution in [2.75, 3.05) is 19.8 Å². The van der Waals surface area contributed by atoms with Gasteiger partial charge >= 0.3 is 11.9 Å². The van der Waals surface area contributed by atoms with Gasteiger partial charge < -0.3 is 14.2 Å². The number of hydrogen-bond acceptors (Lipinski definition) is 5. The summed E-state index contributed by atoms with van der Waals surface area (Å²) in [4.78, 5) is 25.3. The predicted molar refractivity (Wildman–Crippen MR) is 242 cm³/mol. The van der Waals surface area contributed by atoms with Gasteiger partial charge in [0.05, 0.1) is 6.61 Å². The fraction of sp³-hybridized carbons (Fsp3) is 0.843. The van der Waals surface area contributed by atoms with E-state index in [1.54, 1.807) is 0 Å². The van der Waals surface area contributed by atoms with Crippen molar-refractivity contribution in [1.82, 2.24) is 0 Å². The minimum absolute atomic E-state index is 0.0834. The van der Waals surface area contributed by atoms with Gasteiger partial charge in [-0.1, -0.05) is 198 Å². The van der Waals surface area contributed by atoms with E-state index in [0.29, 0.717) is 19.4 Å². The highest BCUT2D eigenvalue weighted by Crippen LogP contribution is 2.14. The summed E-state index contributed by atoms with van der Waals surface area (Å²) in [5, 5.41) is 0. The van der Waals surface area contributed by atoms with Crippen LogP contribution in [0, 0.1) is 0 Å². The SMILES string of the molecule is CCCCC/C=C\C/C=C\CCCCCCCCCCCC(=O)OCC(COCCCCCCCCCC)OC(=O)CCCCCCC/C=C\CCCCCC. The summed E-state index contributed by atoms with van der Waals surface area (Å²) in [6, 6.07) is 0. The molecule has 0 rings (SSSR count). The van der Waals surface area contributed by atoms with E-state index in [1.807, 2.05) is 0 Å². The minimum Gasteiger partial charge on any atom is -0.462 e. The molecule has 0 aliphatic rings. The van der Waals surface area contributed by atoms with Crippen molar-refractivity contribution in [3.63, 3.8) is 0 Å². The lowest BCUT2D eigenvalue weighted by molar-refractivity contribution is -0.163. The quantitative estimate of drug-likeness (QED) is 0.0349. The van der Waals surface area contributed by atoms with Gasteiger partial charge in [0, 0.05) is 19.4 Å². The molecule has 0 radical (unpaired) electrons. The number of ether oxygens (including phenoxy) is 3. The molecule has 0 aromatic heterocycles. The first-order valence-electron chi connectivity index (χ1n) is 24.5. The maximum absolute atomic E-state index is 12.7. The zero-order valence-electron chi connectivity index (χ0n) is 37.7. The van der Waals surface area contributed by atoms with Gasteiger partial charge in [-0.15, -0.1) is 0 Å². The Balaban J connectivity index is 4.14. The summed E-state index contributed by atoms with van der Waals surface area (Å²) in [6.45, 7) is 7.79. The van der Waals surface area contributed by atoms with Crippen LogP contribution in [-0.4, -0.2) is 37.9 Å². The van der Waals surface area contributed by atoms with Gasteiger partial charge in [0.25, 0.3) is 0 Å². The molecule has 0 bridgehead atoms. The van der Waals surface area contributed by atoms with Crippen LogP contribution in [0.3, 0.4) is 0 Å². The second-order valence-corrected chi connectivity index (χ2v) is 16.4. The Morgan fingerprint density at radius 2 is 0.750 bits per heavy atom. The van der Waals surface area contributed by atoms with Gasteiger partial charge in [0.2, 0.25) is 0 Å². The van der Waals surface area contributed by atoms with E-state index in [1.165, 1.54) is 161 Å². The largest absolute Gasteiger partial charge is 0.462 e. The molecule has 0 saturated heterocycles. The van der Waals surface area contributed by atoms with Crippen LogP contribution in [0.1, 0.15) is 252 Å². The first kappa shape index (κ1) is 54.1. The van der Waals surface area contributed by atoms with Crippen LogP contribution in [-0.2, 0) is 23.8 Å². The van der Waals surface area contributed by atoms with E-state index in [-0.39, 0.29) is 25.2 Å². The lowest BCUT2D eigenvalue weighted by Gasteiger charge is -2.18. The van der Waals surface area contributed by atoms with Gasteiger partial charge in [0.1, 0.15) is 6.61 Å². The molecule has 0 saturated carbocycles. The van der Waals surface area contributed by atoms with Crippen LogP contribution >= 0.6 is 0 Å². The van der Waals surface area contributed by atoms with E-state index >= 15 is 0 Å². The Bertz CT molecular complexity index is 893. The van der Waals surface area contributed by atoms with Crippen molar-refractivity contribution in [3.05, 3.63) is 36.5 Å². The summed E-state index contributed by atoms with van der Waals surface area (Å²) >= 11 is 0. The summed E-state index contributed by atoms with van der Waals surface area (Å²) in [7, 11) is 0. The van der Waals surface area contributed by atoms with Crippen LogP contribution in [0.25, 0.3) is 0 Å². The van der Waals surface area contributed by atoms with E-state index in [2.05, 4.69) is 57.2 Å². The Morgan fingerprint density at radius 1 is 0.393 bits per heavy atom. The van der Waals surface area contributed by atoms with Crippen molar-refractivity contribution in [2.24, 2.45) is 0 Å². The zero-order valence-corrected chi connectivity index (χ0v) is 37.7. The molecule has 0 aliphatic heterocycles. The van der Waals surface area contributed by atoms with Crippen LogP contribution in [0.15, 0.2) is 36.5 Å². The maximum atomic E-state index is 12.7. The topological polar surface area (TPSA) is 61.8 Å². The summed E-state index contributed by atoms with van der Waals surface area (Å²) in [5.74, 6) is -0.404. The Labute approximate surface area is 349 Å². The average Bonchev–Trinajstić information content (AvgIpc) is 3.20. The summed E-state index contributed by atoms with van der Waals surface area (Å²) in [6.07, 6.45) is 55.7. The molecule has 1 unspecified atom stereocenters. The number of rotatable bonds is 45. The lowest BCUT2D eigenvalue weighted by Crippen LogP contribution is -2.30. The predicted octanol–water partition coefficient (Wildman–Crippen LogP) is 16.2. The van der Waals surface area contributed by atoms with Crippen molar-refractivity contribution in [2.45, 2.75) is 258 Å². The molecule has 5 heteroatoms. The highest BCUT2D eigenvalue weighted by atomic mass is 16.6. The highest BCUT2D eigenvalue weighted by molar-refractivity contribution is 5.70. The zero-order chi connectivity index (χ0) is 40.7. The molecule has 0 amide bonds. The third kappa shape index (κ3) is 44.8. The number of allylic oxidation sites excluding steroid dienone is 6. The van der Waals surface area contributed by atoms with Crippen molar-refractivity contribution < 1.29 is 23.8 Å². The molecule has 0 heterocycles. The first-order chi connectivity index (χ1) is 27.6. The van der Waals surface area contributed by atoms with Crippen molar-refractivity contribution in [3.8, 4) is 0 Å². The second-order valence-electron chi connectivity index (χ2n) is 16.4. The Hall–Kier alpha value is -1.88. The molecule has 0 fully saturated rings. The van der Waals surface area contributed by atoms with Crippen LogP contribution in [0.4, 0.5) is 0 Å². The molecule has 0 spiro atoms. The number of carbonyl (C=O) groups is 2. The number of carbonyl (C=O) groups excluding carboxylic acids is 2. The van der Waals surface area contributed by atoms with Gasteiger partial charge in [-0.25, -0.2) is 0 Å².